The maximum Gasteiger partial charge on any atom is 0.222 e. The molecule has 2 rings (SSSR count). The molecule has 0 aromatic carbocycles. The van der Waals surface area contributed by atoms with E-state index in [0.717, 1.165) is 32.1 Å². The highest BCUT2D eigenvalue weighted by atomic mass is 15.2. The topological polar surface area (TPSA) is 53.1 Å². The van der Waals surface area contributed by atoms with Gasteiger partial charge in [0.15, 0.2) is 0 Å². The molecule has 0 spiro atoms. The first-order valence-electron chi connectivity index (χ1n) is 6.63. The molecule has 0 aliphatic carbocycles. The first-order chi connectivity index (χ1) is 8.65. The molecule has 1 saturated heterocycles. The Morgan fingerprint density at radius 3 is 2.78 bits per heavy atom. The van der Waals surface area contributed by atoms with Crippen molar-refractivity contribution in [3.63, 3.8) is 0 Å². The Hall–Kier alpha value is -1.20. The van der Waals surface area contributed by atoms with E-state index in [1.807, 2.05) is 12.4 Å². The lowest BCUT2D eigenvalue weighted by Crippen LogP contribution is -2.51. The molecule has 2 N–H and O–H groups in total. The molecule has 1 aliphatic heterocycles. The van der Waals surface area contributed by atoms with Crippen molar-refractivity contribution < 1.29 is 0 Å². The number of nitrogens with zero attached hydrogens (tertiary/aromatic N) is 3. The Kier molecular flexibility index (Phi) is 4.49. The third kappa shape index (κ3) is 3.65. The monoisotopic (exact) mass is 249 g/mol. The van der Waals surface area contributed by atoms with Crippen LogP contribution >= 0.6 is 0 Å². The van der Waals surface area contributed by atoms with Crippen molar-refractivity contribution in [2.45, 2.75) is 25.8 Å². The summed E-state index contributed by atoms with van der Waals surface area (Å²) >= 11 is 0. The molecule has 0 amide bonds. The van der Waals surface area contributed by atoms with Crippen LogP contribution in [-0.2, 0) is 0 Å². The van der Waals surface area contributed by atoms with E-state index in [1.165, 1.54) is 5.56 Å². The number of hydrogen-bond acceptors (Lipinski definition) is 5. The van der Waals surface area contributed by atoms with Gasteiger partial charge in [-0.3, -0.25) is 0 Å². The third-order valence-corrected chi connectivity index (χ3v) is 3.30. The Balaban J connectivity index is 1.82. The molecule has 1 atom stereocenters. The lowest BCUT2D eigenvalue weighted by Gasteiger charge is -2.30. The molecule has 100 valence electrons. The molecule has 5 heteroatoms. The Morgan fingerprint density at radius 2 is 2.17 bits per heavy atom. The molecule has 5 nitrogen and oxygen atoms in total. The summed E-state index contributed by atoms with van der Waals surface area (Å²) in [7, 11) is 2.15. The molecule has 0 bridgehead atoms. The zero-order valence-electron chi connectivity index (χ0n) is 11.5. The normalized spacial score (nSPS) is 21.2. The molecule has 1 fully saturated rings. The molecule has 1 aliphatic rings. The molecule has 0 radical (unpaired) electrons. The van der Waals surface area contributed by atoms with Crippen LogP contribution < -0.4 is 10.6 Å². The zero-order valence-corrected chi connectivity index (χ0v) is 11.5. The molecule has 1 aromatic rings. The first kappa shape index (κ1) is 13.2. The summed E-state index contributed by atoms with van der Waals surface area (Å²) in [5.41, 5.74) is 1.18. The van der Waals surface area contributed by atoms with Crippen molar-refractivity contribution in [3.8, 4) is 0 Å². The minimum Gasteiger partial charge on any atom is -0.353 e. The van der Waals surface area contributed by atoms with E-state index in [2.05, 4.69) is 46.4 Å². The van der Waals surface area contributed by atoms with Crippen LogP contribution in [0, 0.1) is 0 Å². The number of aromatic nitrogens is 2. The first-order valence-corrected chi connectivity index (χ1v) is 6.63. The molecule has 2 heterocycles. The summed E-state index contributed by atoms with van der Waals surface area (Å²) in [6, 6.07) is 0.470. The van der Waals surface area contributed by atoms with E-state index in [0.29, 0.717) is 12.0 Å². The van der Waals surface area contributed by atoms with Gasteiger partial charge in [0.25, 0.3) is 0 Å². The second kappa shape index (κ2) is 6.11. The standard InChI is InChI=1S/C13H23N5/c1-10(2)11-6-15-13(16-7-11)17-8-12-9-18(3)5-4-14-12/h6-7,10,12,14H,4-5,8-9H2,1-3H3,(H,15,16,17). The lowest BCUT2D eigenvalue weighted by atomic mass is 10.1. The van der Waals surface area contributed by atoms with Crippen molar-refractivity contribution in [2.24, 2.45) is 0 Å². The van der Waals surface area contributed by atoms with Crippen LogP contribution in [0.1, 0.15) is 25.3 Å². The largest absolute Gasteiger partial charge is 0.353 e. The summed E-state index contributed by atoms with van der Waals surface area (Å²) in [4.78, 5) is 11.0. The molecule has 1 unspecified atom stereocenters. The highest BCUT2D eigenvalue weighted by Crippen LogP contribution is 2.12. The molecular weight excluding hydrogens is 226 g/mol. The average molecular weight is 249 g/mol. The summed E-state index contributed by atoms with van der Waals surface area (Å²) < 4.78 is 0. The Morgan fingerprint density at radius 1 is 1.44 bits per heavy atom. The fraction of sp³-hybridized carbons (Fsp3) is 0.692. The maximum atomic E-state index is 4.34. The van der Waals surface area contributed by atoms with Gasteiger partial charge < -0.3 is 15.5 Å². The fourth-order valence-corrected chi connectivity index (χ4v) is 2.07. The van der Waals surface area contributed by atoms with Crippen molar-refractivity contribution in [2.75, 3.05) is 38.5 Å². The summed E-state index contributed by atoms with van der Waals surface area (Å²) in [6.45, 7) is 8.40. The average Bonchev–Trinajstić information content (AvgIpc) is 2.37. The summed E-state index contributed by atoms with van der Waals surface area (Å²) in [6.07, 6.45) is 3.81. The second-order valence-corrected chi connectivity index (χ2v) is 5.29. The van der Waals surface area contributed by atoms with Gasteiger partial charge in [-0.2, -0.15) is 0 Å². The van der Waals surface area contributed by atoms with Gasteiger partial charge in [-0.05, 0) is 18.5 Å². The van der Waals surface area contributed by atoms with Crippen LogP contribution in [0.2, 0.25) is 0 Å². The minimum absolute atomic E-state index is 0.470. The van der Waals surface area contributed by atoms with Crippen LogP contribution in [0.3, 0.4) is 0 Å². The van der Waals surface area contributed by atoms with Gasteiger partial charge in [0, 0.05) is 44.6 Å². The minimum atomic E-state index is 0.470. The van der Waals surface area contributed by atoms with E-state index in [-0.39, 0.29) is 0 Å². The Bertz CT molecular complexity index is 362. The predicted octanol–water partition coefficient (Wildman–Crippen LogP) is 0.915. The number of piperazine rings is 1. The van der Waals surface area contributed by atoms with Crippen LogP contribution in [0.15, 0.2) is 12.4 Å². The third-order valence-electron chi connectivity index (χ3n) is 3.30. The Labute approximate surface area is 109 Å². The fourth-order valence-electron chi connectivity index (χ4n) is 2.07. The summed E-state index contributed by atoms with van der Waals surface area (Å²) in [5, 5.41) is 6.78. The summed E-state index contributed by atoms with van der Waals surface area (Å²) in [5.74, 6) is 1.20. The highest BCUT2D eigenvalue weighted by molar-refractivity contribution is 5.26. The van der Waals surface area contributed by atoms with E-state index < -0.39 is 0 Å². The van der Waals surface area contributed by atoms with Crippen molar-refractivity contribution in [3.05, 3.63) is 18.0 Å². The van der Waals surface area contributed by atoms with Crippen LogP contribution in [-0.4, -0.2) is 54.1 Å². The van der Waals surface area contributed by atoms with Gasteiger partial charge in [-0.25, -0.2) is 9.97 Å². The van der Waals surface area contributed by atoms with Gasteiger partial charge >= 0.3 is 0 Å². The van der Waals surface area contributed by atoms with Crippen molar-refractivity contribution >= 4 is 5.95 Å². The quantitative estimate of drug-likeness (QED) is 0.831. The number of nitrogens with one attached hydrogen (secondary N) is 2. The SMILES string of the molecule is CC(C)c1cnc(NCC2CN(C)CCN2)nc1. The number of likely N-dealkylation sites (N-methyl/N-ethyl adjacent to an activating group) is 1. The van der Waals surface area contributed by atoms with Crippen molar-refractivity contribution in [1.29, 1.82) is 0 Å². The second-order valence-electron chi connectivity index (χ2n) is 5.29. The highest BCUT2D eigenvalue weighted by Gasteiger charge is 2.16. The lowest BCUT2D eigenvalue weighted by molar-refractivity contribution is 0.244. The van der Waals surface area contributed by atoms with Gasteiger partial charge in [-0.1, -0.05) is 13.8 Å². The molecular formula is C13H23N5. The van der Waals surface area contributed by atoms with Crippen molar-refractivity contribution in [1.82, 2.24) is 20.2 Å². The van der Waals surface area contributed by atoms with Gasteiger partial charge in [-0.15, -0.1) is 0 Å². The number of anilines is 1. The van der Waals surface area contributed by atoms with Gasteiger partial charge in [0.05, 0.1) is 0 Å². The van der Waals surface area contributed by atoms with Crippen LogP contribution in [0.5, 0.6) is 0 Å². The van der Waals surface area contributed by atoms with E-state index in [4.69, 9.17) is 0 Å². The molecule has 1 aromatic heterocycles. The predicted molar refractivity (Wildman–Crippen MR) is 73.9 cm³/mol. The van der Waals surface area contributed by atoms with Gasteiger partial charge in [0.1, 0.15) is 0 Å². The number of hydrogen-bond donors (Lipinski definition) is 2. The van der Waals surface area contributed by atoms with E-state index in [9.17, 15) is 0 Å². The maximum absolute atomic E-state index is 4.34. The molecule has 18 heavy (non-hydrogen) atoms. The smallest absolute Gasteiger partial charge is 0.222 e. The van der Waals surface area contributed by atoms with Gasteiger partial charge in [0.2, 0.25) is 5.95 Å². The zero-order chi connectivity index (χ0) is 13.0. The van der Waals surface area contributed by atoms with Crippen LogP contribution in [0.25, 0.3) is 0 Å². The van der Waals surface area contributed by atoms with E-state index >= 15 is 0 Å². The van der Waals surface area contributed by atoms with E-state index in [1.54, 1.807) is 0 Å². The van der Waals surface area contributed by atoms with Crippen LogP contribution in [0.4, 0.5) is 5.95 Å². The number of rotatable bonds is 4. The molecule has 0 saturated carbocycles.